The van der Waals surface area contributed by atoms with E-state index in [9.17, 15) is 14.0 Å². The van der Waals surface area contributed by atoms with Gasteiger partial charge in [0.25, 0.3) is 0 Å². The average Bonchev–Trinajstić information content (AvgIpc) is 2.38. The van der Waals surface area contributed by atoms with Crippen LogP contribution in [0.15, 0.2) is 18.2 Å². The molecule has 0 atom stereocenters. The van der Waals surface area contributed by atoms with Crippen LogP contribution in [0.25, 0.3) is 0 Å². The summed E-state index contributed by atoms with van der Waals surface area (Å²) in [6.45, 7) is 2.34. The second-order valence-electron chi connectivity index (χ2n) is 3.95. The molecular weight excluding hydrogens is 267 g/mol. The molecule has 0 aliphatic carbocycles. The minimum Gasteiger partial charge on any atom is -0.492 e. The standard InChI is InChI=1S/C13H17FN2O4/c1-2-20-11-8-9(14)5-6-10(11)16-13(19)15-7-3-4-12(17)18/h5-6,8H,2-4,7H2,1H3,(H,17,18)(H2,15,16,19). The highest BCUT2D eigenvalue weighted by Gasteiger charge is 2.08. The molecule has 0 saturated carbocycles. The number of urea groups is 1. The molecule has 1 rings (SSSR count). The van der Waals surface area contributed by atoms with Crippen molar-refractivity contribution in [2.45, 2.75) is 19.8 Å². The number of aliphatic carboxylic acids is 1. The summed E-state index contributed by atoms with van der Waals surface area (Å²) in [5.41, 5.74) is 0.351. The lowest BCUT2D eigenvalue weighted by Gasteiger charge is -2.12. The van der Waals surface area contributed by atoms with Gasteiger partial charge in [-0.05, 0) is 25.5 Å². The van der Waals surface area contributed by atoms with Crippen molar-refractivity contribution in [3.05, 3.63) is 24.0 Å². The monoisotopic (exact) mass is 284 g/mol. The van der Waals surface area contributed by atoms with E-state index in [4.69, 9.17) is 9.84 Å². The van der Waals surface area contributed by atoms with Crippen molar-refractivity contribution in [3.63, 3.8) is 0 Å². The lowest BCUT2D eigenvalue weighted by Crippen LogP contribution is -2.30. The number of rotatable bonds is 7. The van der Waals surface area contributed by atoms with E-state index in [2.05, 4.69) is 10.6 Å². The van der Waals surface area contributed by atoms with Crippen LogP contribution in [0.5, 0.6) is 5.75 Å². The smallest absolute Gasteiger partial charge is 0.319 e. The first-order valence-corrected chi connectivity index (χ1v) is 6.22. The maximum Gasteiger partial charge on any atom is 0.319 e. The van der Waals surface area contributed by atoms with Gasteiger partial charge in [-0.3, -0.25) is 4.79 Å². The Labute approximate surface area is 115 Å². The molecule has 2 amide bonds. The Morgan fingerprint density at radius 3 is 2.80 bits per heavy atom. The van der Waals surface area contributed by atoms with Gasteiger partial charge in [-0.25, -0.2) is 9.18 Å². The van der Waals surface area contributed by atoms with Crippen molar-refractivity contribution in [3.8, 4) is 5.75 Å². The molecule has 0 fully saturated rings. The zero-order chi connectivity index (χ0) is 15.0. The van der Waals surface area contributed by atoms with Gasteiger partial charge in [0, 0.05) is 19.0 Å². The fraction of sp³-hybridized carbons (Fsp3) is 0.385. The fourth-order valence-corrected chi connectivity index (χ4v) is 1.48. The third kappa shape index (κ3) is 5.55. The van der Waals surface area contributed by atoms with Crippen LogP contribution < -0.4 is 15.4 Å². The second kappa shape index (κ2) is 7.98. The number of carboxylic acids is 1. The quantitative estimate of drug-likeness (QED) is 0.670. The molecule has 0 aromatic heterocycles. The molecule has 7 heteroatoms. The highest BCUT2D eigenvalue weighted by molar-refractivity contribution is 5.90. The summed E-state index contributed by atoms with van der Waals surface area (Å²) >= 11 is 0. The van der Waals surface area contributed by atoms with E-state index in [0.717, 1.165) is 0 Å². The SMILES string of the molecule is CCOc1cc(F)ccc1NC(=O)NCCCC(=O)O. The van der Waals surface area contributed by atoms with Crippen LogP contribution >= 0.6 is 0 Å². The minimum absolute atomic E-state index is 0.0129. The van der Waals surface area contributed by atoms with Gasteiger partial charge in [0.1, 0.15) is 11.6 Å². The normalized spacial score (nSPS) is 9.90. The summed E-state index contributed by atoms with van der Waals surface area (Å²) < 4.78 is 18.3. The van der Waals surface area contributed by atoms with Crippen LogP contribution in [0, 0.1) is 5.82 Å². The number of halogens is 1. The number of anilines is 1. The Bertz CT molecular complexity index is 479. The zero-order valence-electron chi connectivity index (χ0n) is 11.1. The number of hydrogen-bond donors (Lipinski definition) is 3. The average molecular weight is 284 g/mol. The molecule has 0 spiro atoms. The molecule has 0 heterocycles. The molecule has 6 nitrogen and oxygen atoms in total. The maximum absolute atomic E-state index is 13.1. The molecule has 0 aliphatic heterocycles. The predicted octanol–water partition coefficient (Wildman–Crippen LogP) is 2.21. The number of amides is 2. The van der Waals surface area contributed by atoms with Gasteiger partial charge in [-0.15, -0.1) is 0 Å². The number of nitrogens with one attached hydrogen (secondary N) is 2. The van der Waals surface area contributed by atoms with Gasteiger partial charge in [0.15, 0.2) is 0 Å². The molecule has 0 radical (unpaired) electrons. The molecule has 110 valence electrons. The summed E-state index contributed by atoms with van der Waals surface area (Å²) in [6.07, 6.45) is 0.325. The van der Waals surface area contributed by atoms with Crippen molar-refractivity contribution in [2.75, 3.05) is 18.5 Å². The van der Waals surface area contributed by atoms with Crippen LogP contribution in [0.3, 0.4) is 0 Å². The van der Waals surface area contributed by atoms with E-state index >= 15 is 0 Å². The zero-order valence-corrected chi connectivity index (χ0v) is 11.1. The Morgan fingerprint density at radius 2 is 2.15 bits per heavy atom. The Hall–Kier alpha value is -2.31. The summed E-state index contributed by atoms with van der Waals surface area (Å²) in [4.78, 5) is 21.9. The molecule has 1 aromatic rings. The Morgan fingerprint density at radius 1 is 1.40 bits per heavy atom. The summed E-state index contributed by atoms with van der Waals surface area (Å²) in [7, 11) is 0. The molecule has 3 N–H and O–H groups in total. The minimum atomic E-state index is -0.913. The topological polar surface area (TPSA) is 87.7 Å². The van der Waals surface area contributed by atoms with E-state index in [-0.39, 0.29) is 18.7 Å². The van der Waals surface area contributed by atoms with Crippen LogP contribution in [-0.4, -0.2) is 30.3 Å². The summed E-state index contributed by atoms with van der Waals surface area (Å²) in [6, 6.07) is 3.30. The van der Waals surface area contributed by atoms with Crippen molar-refractivity contribution in [1.29, 1.82) is 0 Å². The number of benzene rings is 1. The van der Waals surface area contributed by atoms with Gasteiger partial charge >= 0.3 is 12.0 Å². The van der Waals surface area contributed by atoms with E-state index in [1.165, 1.54) is 18.2 Å². The first-order chi connectivity index (χ1) is 9.52. The van der Waals surface area contributed by atoms with Crippen LogP contribution in [-0.2, 0) is 4.79 Å². The molecule has 1 aromatic carbocycles. The summed E-state index contributed by atoms with van der Waals surface area (Å²) in [5, 5.41) is 13.5. The van der Waals surface area contributed by atoms with Crippen LogP contribution in [0.2, 0.25) is 0 Å². The molecule has 20 heavy (non-hydrogen) atoms. The first-order valence-electron chi connectivity index (χ1n) is 6.22. The van der Waals surface area contributed by atoms with Crippen molar-refractivity contribution >= 4 is 17.7 Å². The fourth-order valence-electron chi connectivity index (χ4n) is 1.48. The van der Waals surface area contributed by atoms with E-state index in [0.29, 0.717) is 18.7 Å². The van der Waals surface area contributed by atoms with Gasteiger partial charge < -0.3 is 20.5 Å². The van der Waals surface area contributed by atoms with Crippen LogP contribution in [0.1, 0.15) is 19.8 Å². The molecule has 0 aliphatic rings. The lowest BCUT2D eigenvalue weighted by molar-refractivity contribution is -0.137. The van der Waals surface area contributed by atoms with Crippen molar-refractivity contribution < 1.29 is 23.8 Å². The number of carbonyl (C=O) groups excluding carboxylic acids is 1. The highest BCUT2D eigenvalue weighted by Crippen LogP contribution is 2.25. The Balaban J connectivity index is 2.50. The van der Waals surface area contributed by atoms with Gasteiger partial charge in [-0.1, -0.05) is 0 Å². The van der Waals surface area contributed by atoms with Crippen molar-refractivity contribution in [1.82, 2.24) is 5.32 Å². The number of carboxylic acid groups (broad SMARTS) is 1. The largest absolute Gasteiger partial charge is 0.492 e. The Kier molecular flexibility index (Phi) is 6.28. The summed E-state index contributed by atoms with van der Waals surface area (Å²) in [5.74, 6) is -1.13. The van der Waals surface area contributed by atoms with Gasteiger partial charge in [0.05, 0.1) is 12.3 Å². The lowest BCUT2D eigenvalue weighted by atomic mass is 10.3. The third-order valence-electron chi connectivity index (χ3n) is 2.34. The van der Waals surface area contributed by atoms with Crippen molar-refractivity contribution in [2.24, 2.45) is 0 Å². The second-order valence-corrected chi connectivity index (χ2v) is 3.95. The van der Waals surface area contributed by atoms with Crippen LogP contribution in [0.4, 0.5) is 14.9 Å². The first kappa shape index (κ1) is 15.7. The molecular formula is C13H17FN2O4. The number of ether oxygens (including phenoxy) is 1. The molecule has 0 bridgehead atoms. The highest BCUT2D eigenvalue weighted by atomic mass is 19.1. The third-order valence-corrected chi connectivity index (χ3v) is 2.34. The van der Waals surface area contributed by atoms with E-state index in [1.54, 1.807) is 6.92 Å². The van der Waals surface area contributed by atoms with E-state index in [1.807, 2.05) is 0 Å². The van der Waals surface area contributed by atoms with Gasteiger partial charge in [0.2, 0.25) is 0 Å². The van der Waals surface area contributed by atoms with Gasteiger partial charge in [-0.2, -0.15) is 0 Å². The maximum atomic E-state index is 13.1. The predicted molar refractivity (Wildman–Crippen MR) is 71.5 cm³/mol. The number of carbonyl (C=O) groups is 2. The molecule has 0 saturated heterocycles. The number of hydrogen-bond acceptors (Lipinski definition) is 3. The van der Waals surface area contributed by atoms with E-state index < -0.39 is 17.8 Å². The molecule has 0 unspecified atom stereocenters.